The molecule has 144 valence electrons. The summed E-state index contributed by atoms with van der Waals surface area (Å²) in [6.07, 6.45) is 2.86. The van der Waals surface area contributed by atoms with Gasteiger partial charge in [-0.2, -0.15) is 10.2 Å². The van der Waals surface area contributed by atoms with E-state index in [1.54, 1.807) is 20.2 Å². The van der Waals surface area contributed by atoms with Gasteiger partial charge in [0, 0.05) is 17.3 Å². The molecule has 3 aromatic rings. The minimum absolute atomic E-state index is 0.285. The summed E-state index contributed by atoms with van der Waals surface area (Å²) >= 11 is 0. The fraction of sp³-hybridized carbons (Fsp3) is 0.190. The highest BCUT2D eigenvalue weighted by Crippen LogP contribution is 2.24. The van der Waals surface area contributed by atoms with Gasteiger partial charge in [0.15, 0.2) is 0 Å². The van der Waals surface area contributed by atoms with Crippen molar-refractivity contribution < 1.29 is 14.3 Å². The number of carbonyl (C=O) groups excluding carboxylic acids is 1. The number of ether oxygens (including phenoxy) is 2. The first kappa shape index (κ1) is 19.2. The van der Waals surface area contributed by atoms with Crippen LogP contribution in [0.3, 0.4) is 0 Å². The molecule has 0 aliphatic rings. The molecule has 1 N–H and O–H groups in total. The van der Waals surface area contributed by atoms with Crippen LogP contribution in [0.4, 0.5) is 4.79 Å². The van der Waals surface area contributed by atoms with E-state index in [2.05, 4.69) is 10.5 Å². The van der Waals surface area contributed by atoms with Gasteiger partial charge in [-0.15, -0.1) is 0 Å². The number of hydrazone groups is 1. The molecule has 0 aliphatic carbocycles. The number of nitrogens with zero attached hydrogens (tertiary/aromatic N) is 3. The topological polar surface area (TPSA) is 77.7 Å². The van der Waals surface area contributed by atoms with Crippen LogP contribution in [0.25, 0.3) is 11.3 Å². The Labute approximate surface area is 163 Å². The third-order valence-corrected chi connectivity index (χ3v) is 3.98. The molecule has 28 heavy (non-hydrogen) atoms. The predicted octanol–water partition coefficient (Wildman–Crippen LogP) is 3.69. The monoisotopic (exact) mass is 378 g/mol. The zero-order valence-corrected chi connectivity index (χ0v) is 15.8. The Kier molecular flexibility index (Phi) is 6.41. The summed E-state index contributed by atoms with van der Waals surface area (Å²) in [6, 6.07) is 17.7. The maximum atomic E-state index is 11.4. The minimum atomic E-state index is -0.596. The lowest BCUT2D eigenvalue weighted by atomic mass is 10.1. The molecule has 7 heteroatoms. The van der Waals surface area contributed by atoms with E-state index in [0.717, 1.165) is 28.1 Å². The molecule has 0 saturated heterocycles. The number of aromatic nitrogens is 2. The van der Waals surface area contributed by atoms with Crippen molar-refractivity contribution in [2.24, 2.45) is 5.10 Å². The molecule has 3 rings (SSSR count). The molecule has 1 aromatic heterocycles. The molecule has 0 unspecified atom stereocenters. The lowest BCUT2D eigenvalue weighted by Crippen LogP contribution is -2.18. The smallest absolute Gasteiger partial charge is 0.427 e. The Balaban J connectivity index is 1.88. The van der Waals surface area contributed by atoms with Crippen LogP contribution in [0.15, 0.2) is 65.9 Å². The van der Waals surface area contributed by atoms with Crippen LogP contribution in [0.5, 0.6) is 5.75 Å². The number of carbonyl (C=O) groups is 1. The van der Waals surface area contributed by atoms with Crippen LogP contribution in [0.1, 0.15) is 18.1 Å². The van der Waals surface area contributed by atoms with Crippen LogP contribution < -0.4 is 10.2 Å². The highest BCUT2D eigenvalue weighted by atomic mass is 16.5. The van der Waals surface area contributed by atoms with Gasteiger partial charge < -0.3 is 9.47 Å². The van der Waals surface area contributed by atoms with Gasteiger partial charge in [-0.25, -0.2) is 10.2 Å². The highest BCUT2D eigenvalue weighted by molar-refractivity contribution is 5.89. The molecular formula is C21H22N4O3. The zero-order valence-electron chi connectivity index (χ0n) is 15.8. The lowest BCUT2D eigenvalue weighted by Gasteiger charge is -2.03. The first-order chi connectivity index (χ1) is 13.7. The Bertz CT molecular complexity index is 934. The van der Waals surface area contributed by atoms with E-state index in [0.29, 0.717) is 6.54 Å². The molecule has 2 aromatic carbocycles. The van der Waals surface area contributed by atoms with E-state index in [4.69, 9.17) is 14.6 Å². The van der Waals surface area contributed by atoms with E-state index in [-0.39, 0.29) is 6.61 Å². The number of amides is 1. The summed E-state index contributed by atoms with van der Waals surface area (Å²) in [6.45, 7) is 2.65. The molecule has 0 radical (unpaired) electrons. The van der Waals surface area contributed by atoms with Gasteiger partial charge in [-0.05, 0) is 36.8 Å². The van der Waals surface area contributed by atoms with Crippen LogP contribution in [-0.2, 0) is 11.3 Å². The summed E-state index contributed by atoms with van der Waals surface area (Å²) in [7, 11) is 1.63. The van der Waals surface area contributed by atoms with Gasteiger partial charge in [-0.1, -0.05) is 30.3 Å². The van der Waals surface area contributed by atoms with Gasteiger partial charge >= 0.3 is 6.09 Å². The third-order valence-electron chi connectivity index (χ3n) is 3.98. The van der Waals surface area contributed by atoms with E-state index in [9.17, 15) is 4.79 Å². The van der Waals surface area contributed by atoms with Crippen molar-refractivity contribution in [2.75, 3.05) is 13.7 Å². The molecule has 0 saturated carbocycles. The van der Waals surface area contributed by atoms with Gasteiger partial charge in [0.1, 0.15) is 11.4 Å². The van der Waals surface area contributed by atoms with Crippen LogP contribution in [0, 0.1) is 0 Å². The predicted molar refractivity (Wildman–Crippen MR) is 108 cm³/mol. The van der Waals surface area contributed by atoms with Crippen molar-refractivity contribution in [2.45, 2.75) is 13.5 Å². The molecule has 0 atom stereocenters. The van der Waals surface area contributed by atoms with E-state index >= 15 is 0 Å². The second-order valence-electron chi connectivity index (χ2n) is 5.94. The van der Waals surface area contributed by atoms with Gasteiger partial charge in [0.05, 0.1) is 26.5 Å². The summed E-state index contributed by atoms with van der Waals surface area (Å²) < 4.78 is 11.9. The number of hydrogen-bond acceptors (Lipinski definition) is 5. The molecule has 1 amide bonds. The first-order valence-corrected chi connectivity index (χ1v) is 8.91. The molecule has 0 bridgehead atoms. The maximum absolute atomic E-state index is 11.4. The number of nitrogens with one attached hydrogen (secondary N) is 1. The van der Waals surface area contributed by atoms with Gasteiger partial charge in [-0.3, -0.25) is 4.68 Å². The van der Waals surface area contributed by atoms with Crippen LogP contribution >= 0.6 is 0 Å². The molecule has 0 spiro atoms. The van der Waals surface area contributed by atoms with Crippen LogP contribution in [-0.4, -0.2) is 35.8 Å². The summed E-state index contributed by atoms with van der Waals surface area (Å²) in [5.41, 5.74) is 5.93. The largest absolute Gasteiger partial charge is 0.497 e. The number of benzene rings is 2. The number of methoxy groups -OCH3 is 1. The highest BCUT2D eigenvalue weighted by Gasteiger charge is 2.11. The standard InChI is InChI=1S/C21H22N4O3/c1-3-28-21(26)23-22-13-18-15-25(14-16-7-5-4-6-8-16)24-20(18)17-9-11-19(27-2)12-10-17/h4-13,15H,3,14H2,1-2H3,(H,23,26)/b22-13-. The normalized spacial score (nSPS) is 10.8. The fourth-order valence-corrected chi connectivity index (χ4v) is 2.67. The molecule has 7 nitrogen and oxygen atoms in total. The molecular weight excluding hydrogens is 356 g/mol. The summed E-state index contributed by atoms with van der Waals surface area (Å²) in [4.78, 5) is 11.4. The average molecular weight is 378 g/mol. The van der Waals surface area contributed by atoms with Gasteiger partial charge in [0.25, 0.3) is 0 Å². The molecule has 1 heterocycles. The van der Waals surface area contributed by atoms with Crippen molar-refractivity contribution in [3.8, 4) is 17.0 Å². The molecule has 0 aliphatic heterocycles. The first-order valence-electron chi connectivity index (χ1n) is 8.91. The quantitative estimate of drug-likeness (QED) is 0.502. The molecule has 0 fully saturated rings. The number of rotatable bonds is 7. The Hall–Kier alpha value is -3.61. The van der Waals surface area contributed by atoms with E-state index in [1.165, 1.54) is 0 Å². The van der Waals surface area contributed by atoms with Crippen molar-refractivity contribution in [1.29, 1.82) is 0 Å². The summed E-state index contributed by atoms with van der Waals surface area (Å²) in [5, 5.41) is 8.68. The van der Waals surface area contributed by atoms with Crippen molar-refractivity contribution >= 4 is 12.3 Å². The summed E-state index contributed by atoms with van der Waals surface area (Å²) in [5.74, 6) is 0.770. The number of hydrogen-bond donors (Lipinski definition) is 1. The van der Waals surface area contributed by atoms with Gasteiger partial charge in [0.2, 0.25) is 0 Å². The van der Waals surface area contributed by atoms with Crippen molar-refractivity contribution in [1.82, 2.24) is 15.2 Å². The van der Waals surface area contributed by atoms with Crippen molar-refractivity contribution in [3.63, 3.8) is 0 Å². The van der Waals surface area contributed by atoms with E-state index < -0.39 is 6.09 Å². The SMILES string of the molecule is CCOC(=O)N/N=C\c1cn(Cc2ccccc2)nc1-c1ccc(OC)cc1. The Morgan fingerprint density at radius 1 is 1.18 bits per heavy atom. The Morgan fingerprint density at radius 3 is 2.61 bits per heavy atom. The van der Waals surface area contributed by atoms with Crippen LogP contribution in [0.2, 0.25) is 0 Å². The Morgan fingerprint density at radius 2 is 1.93 bits per heavy atom. The fourth-order valence-electron chi connectivity index (χ4n) is 2.67. The second-order valence-corrected chi connectivity index (χ2v) is 5.94. The van der Waals surface area contributed by atoms with Crippen molar-refractivity contribution in [3.05, 3.63) is 71.9 Å². The lowest BCUT2D eigenvalue weighted by molar-refractivity contribution is 0.152. The second kappa shape index (κ2) is 9.36. The minimum Gasteiger partial charge on any atom is -0.497 e. The maximum Gasteiger partial charge on any atom is 0.427 e. The zero-order chi connectivity index (χ0) is 19.8. The third kappa shape index (κ3) is 4.97. The van der Waals surface area contributed by atoms with E-state index in [1.807, 2.05) is 65.5 Å². The average Bonchev–Trinajstić information content (AvgIpc) is 3.11.